The highest BCUT2D eigenvalue weighted by Gasteiger charge is 2.15. The molecule has 0 saturated carbocycles. The van der Waals surface area contributed by atoms with Crippen molar-refractivity contribution in [1.82, 2.24) is 5.43 Å². The van der Waals surface area contributed by atoms with E-state index in [1.54, 1.807) is 66.7 Å². The first-order valence-corrected chi connectivity index (χ1v) is 10.6. The summed E-state index contributed by atoms with van der Waals surface area (Å²) >= 11 is 9.37. The number of esters is 1. The number of methoxy groups -OCH3 is 1. The summed E-state index contributed by atoms with van der Waals surface area (Å²) in [5.41, 5.74) is 3.09. The molecule has 0 unspecified atom stereocenters. The van der Waals surface area contributed by atoms with E-state index in [2.05, 4.69) is 31.8 Å². The van der Waals surface area contributed by atoms with Crippen LogP contribution in [0.5, 0.6) is 11.5 Å². The van der Waals surface area contributed by atoms with Gasteiger partial charge in [0.15, 0.2) is 0 Å². The maximum absolute atomic E-state index is 12.5. The summed E-state index contributed by atoms with van der Waals surface area (Å²) in [6.45, 7) is 0. The molecule has 0 heterocycles. The zero-order chi connectivity index (χ0) is 23.8. The van der Waals surface area contributed by atoms with Gasteiger partial charge in [-0.05, 0) is 42.5 Å². The quantitative estimate of drug-likeness (QED) is 0.161. The zero-order valence-electron chi connectivity index (χ0n) is 17.2. The Morgan fingerprint density at radius 3 is 2.55 bits per heavy atom. The lowest BCUT2D eigenvalue weighted by Gasteiger charge is -2.09. The number of carbonyl (C=O) groups is 3. The fourth-order valence-electron chi connectivity index (χ4n) is 2.59. The van der Waals surface area contributed by atoms with Crippen LogP contribution in [0.4, 0.5) is 5.69 Å². The minimum absolute atomic E-state index is 0.182. The van der Waals surface area contributed by atoms with Crippen LogP contribution in [0.25, 0.3) is 0 Å². The van der Waals surface area contributed by atoms with Crippen molar-refractivity contribution in [3.8, 4) is 11.5 Å². The maximum atomic E-state index is 12.5. The summed E-state index contributed by atoms with van der Waals surface area (Å²) in [6.07, 6.45) is 1.25. The molecule has 0 aliphatic heterocycles. The van der Waals surface area contributed by atoms with Gasteiger partial charge in [-0.15, -0.1) is 0 Å². The molecule has 0 radical (unpaired) electrons. The molecule has 2 amide bonds. The van der Waals surface area contributed by atoms with Crippen LogP contribution >= 0.6 is 27.5 Å². The minimum Gasteiger partial charge on any atom is -0.497 e. The predicted molar refractivity (Wildman–Crippen MR) is 128 cm³/mol. The standard InChI is InChI=1S/C23H17BrClN3O5/c1-32-17-6-4-5-16(12-17)27-21(29)22(30)28-26-13-14-11-15(24)9-10-20(14)33-23(31)18-7-2-3-8-19(18)25/h2-13H,1H3,(H,27,29)(H,28,30)/b26-13-. The SMILES string of the molecule is COc1cccc(NC(=O)C(=O)N/N=C\c2cc(Br)ccc2OC(=O)c2ccccc2Cl)c1. The Kier molecular flexibility index (Phi) is 8.17. The van der Waals surface area contributed by atoms with E-state index >= 15 is 0 Å². The third kappa shape index (κ3) is 6.64. The number of amides is 2. The van der Waals surface area contributed by atoms with E-state index in [-0.39, 0.29) is 16.3 Å². The molecule has 0 saturated heterocycles. The molecule has 33 heavy (non-hydrogen) atoms. The normalized spacial score (nSPS) is 10.5. The maximum Gasteiger partial charge on any atom is 0.345 e. The van der Waals surface area contributed by atoms with Gasteiger partial charge in [-0.1, -0.05) is 45.7 Å². The highest BCUT2D eigenvalue weighted by Crippen LogP contribution is 2.24. The molecule has 0 spiro atoms. The summed E-state index contributed by atoms with van der Waals surface area (Å²) in [5.74, 6) is -1.85. The topological polar surface area (TPSA) is 106 Å². The third-order valence-corrected chi connectivity index (χ3v) is 4.99. The van der Waals surface area contributed by atoms with Crippen LogP contribution in [0.3, 0.4) is 0 Å². The van der Waals surface area contributed by atoms with Gasteiger partial charge in [0.05, 0.1) is 23.9 Å². The molecule has 3 aromatic carbocycles. The van der Waals surface area contributed by atoms with Crippen molar-refractivity contribution in [2.75, 3.05) is 12.4 Å². The van der Waals surface area contributed by atoms with Crippen LogP contribution in [0, 0.1) is 0 Å². The van der Waals surface area contributed by atoms with Gasteiger partial charge in [0, 0.05) is 21.8 Å². The molecule has 0 fully saturated rings. The zero-order valence-corrected chi connectivity index (χ0v) is 19.5. The van der Waals surface area contributed by atoms with E-state index < -0.39 is 17.8 Å². The molecule has 10 heteroatoms. The number of benzene rings is 3. The van der Waals surface area contributed by atoms with Crippen molar-refractivity contribution in [1.29, 1.82) is 0 Å². The number of ether oxygens (including phenoxy) is 2. The molecule has 3 aromatic rings. The number of hydrogen-bond acceptors (Lipinski definition) is 6. The van der Waals surface area contributed by atoms with Crippen LogP contribution in [0.15, 0.2) is 76.3 Å². The molecular weight excluding hydrogens is 514 g/mol. The molecule has 168 valence electrons. The third-order valence-electron chi connectivity index (χ3n) is 4.17. The van der Waals surface area contributed by atoms with Gasteiger partial charge in [-0.25, -0.2) is 10.2 Å². The number of hydrazone groups is 1. The minimum atomic E-state index is -0.987. The number of rotatable bonds is 6. The number of nitrogens with one attached hydrogen (secondary N) is 2. The van der Waals surface area contributed by atoms with Crippen molar-refractivity contribution < 1.29 is 23.9 Å². The van der Waals surface area contributed by atoms with E-state index in [0.717, 1.165) is 0 Å². The van der Waals surface area contributed by atoms with Crippen molar-refractivity contribution in [3.05, 3.63) is 87.4 Å². The first-order valence-electron chi connectivity index (χ1n) is 9.42. The van der Waals surface area contributed by atoms with E-state index in [9.17, 15) is 14.4 Å². The van der Waals surface area contributed by atoms with Gasteiger partial charge in [-0.2, -0.15) is 5.10 Å². The van der Waals surface area contributed by atoms with Crippen LogP contribution in [0.2, 0.25) is 5.02 Å². The second-order valence-electron chi connectivity index (χ2n) is 6.44. The molecule has 3 rings (SSSR count). The van der Waals surface area contributed by atoms with Crippen LogP contribution in [-0.2, 0) is 9.59 Å². The first kappa shape index (κ1) is 24.0. The Morgan fingerprint density at radius 2 is 1.79 bits per heavy atom. The Bertz CT molecular complexity index is 1230. The van der Waals surface area contributed by atoms with Crippen LogP contribution in [-0.4, -0.2) is 31.1 Å². The molecule has 0 atom stereocenters. The molecule has 8 nitrogen and oxygen atoms in total. The van der Waals surface area contributed by atoms with E-state index in [1.165, 1.54) is 13.3 Å². The second kappa shape index (κ2) is 11.3. The lowest BCUT2D eigenvalue weighted by Crippen LogP contribution is -2.32. The Balaban J connectivity index is 1.67. The van der Waals surface area contributed by atoms with E-state index in [1.807, 2.05) is 0 Å². The van der Waals surface area contributed by atoms with Crippen molar-refractivity contribution in [2.24, 2.45) is 5.10 Å². The average molecular weight is 531 g/mol. The molecule has 0 aliphatic rings. The van der Waals surface area contributed by atoms with Gasteiger partial charge in [-0.3, -0.25) is 9.59 Å². The monoisotopic (exact) mass is 529 g/mol. The highest BCUT2D eigenvalue weighted by atomic mass is 79.9. The molecular formula is C23H17BrClN3O5. The van der Waals surface area contributed by atoms with E-state index in [0.29, 0.717) is 21.5 Å². The first-order chi connectivity index (χ1) is 15.9. The summed E-state index contributed by atoms with van der Waals surface area (Å²) < 4.78 is 11.2. The van der Waals surface area contributed by atoms with Crippen molar-refractivity contribution in [2.45, 2.75) is 0 Å². The molecule has 0 bridgehead atoms. The number of carbonyl (C=O) groups excluding carboxylic acids is 3. The second-order valence-corrected chi connectivity index (χ2v) is 7.76. The smallest absolute Gasteiger partial charge is 0.345 e. The lowest BCUT2D eigenvalue weighted by molar-refractivity contribution is -0.136. The lowest BCUT2D eigenvalue weighted by atomic mass is 10.2. The largest absolute Gasteiger partial charge is 0.497 e. The molecule has 0 aliphatic carbocycles. The average Bonchev–Trinajstić information content (AvgIpc) is 2.81. The number of nitrogens with zero attached hydrogens (tertiary/aromatic N) is 1. The van der Waals surface area contributed by atoms with Crippen LogP contribution in [0.1, 0.15) is 15.9 Å². The van der Waals surface area contributed by atoms with Crippen molar-refractivity contribution >= 4 is 57.2 Å². The fraction of sp³-hybridized carbons (Fsp3) is 0.0435. The van der Waals surface area contributed by atoms with Crippen molar-refractivity contribution in [3.63, 3.8) is 0 Å². The van der Waals surface area contributed by atoms with Gasteiger partial charge in [0.2, 0.25) is 0 Å². The predicted octanol–water partition coefficient (Wildman–Crippen LogP) is 4.42. The van der Waals surface area contributed by atoms with Gasteiger partial charge >= 0.3 is 17.8 Å². The highest BCUT2D eigenvalue weighted by molar-refractivity contribution is 9.10. The Morgan fingerprint density at radius 1 is 1.00 bits per heavy atom. The number of anilines is 1. The van der Waals surface area contributed by atoms with Crippen LogP contribution < -0.4 is 20.2 Å². The molecule has 2 N–H and O–H groups in total. The molecule has 0 aromatic heterocycles. The van der Waals surface area contributed by atoms with Gasteiger partial charge in [0.1, 0.15) is 11.5 Å². The summed E-state index contributed by atoms with van der Waals surface area (Å²) in [6, 6.07) is 17.9. The van der Waals surface area contributed by atoms with Gasteiger partial charge < -0.3 is 14.8 Å². The van der Waals surface area contributed by atoms with Gasteiger partial charge in [0.25, 0.3) is 0 Å². The summed E-state index contributed by atoms with van der Waals surface area (Å²) in [5, 5.41) is 6.48. The summed E-state index contributed by atoms with van der Waals surface area (Å²) in [7, 11) is 1.49. The Hall–Kier alpha value is -3.69. The Labute approximate surface area is 202 Å². The fourth-order valence-corrected chi connectivity index (χ4v) is 3.19. The summed E-state index contributed by atoms with van der Waals surface area (Å²) in [4.78, 5) is 36.6. The number of hydrogen-bond donors (Lipinski definition) is 2. The van der Waals surface area contributed by atoms with E-state index in [4.69, 9.17) is 21.1 Å². The number of halogens is 2.